The lowest BCUT2D eigenvalue weighted by Gasteiger charge is -2.12. The molecule has 1 N–H and O–H groups in total. The van der Waals surface area contributed by atoms with Gasteiger partial charge in [-0.3, -0.25) is 13.9 Å². The van der Waals surface area contributed by atoms with Gasteiger partial charge in [0.2, 0.25) is 0 Å². The predicted octanol–water partition coefficient (Wildman–Crippen LogP) is 4.44. The van der Waals surface area contributed by atoms with Gasteiger partial charge in [-0.25, -0.2) is 13.4 Å². The lowest BCUT2D eigenvalue weighted by atomic mass is 10.3. The predicted molar refractivity (Wildman–Crippen MR) is 120 cm³/mol. The number of aromatic nitrogens is 2. The van der Waals surface area contributed by atoms with E-state index in [9.17, 15) is 13.2 Å². The maximum absolute atomic E-state index is 12.7. The molecule has 4 aromatic rings. The highest BCUT2D eigenvalue weighted by molar-refractivity contribution is 7.98. The number of pyridine rings is 1. The first kappa shape index (κ1) is 20.5. The SMILES string of the molecule is O=c1cc(CSc2ccccc2NS(=O)(=O)c2ccccc2)nc2ccc(Cl)cn12. The van der Waals surface area contributed by atoms with E-state index in [2.05, 4.69) is 9.71 Å². The van der Waals surface area contributed by atoms with Gasteiger partial charge in [0.25, 0.3) is 15.6 Å². The second-order valence-corrected chi connectivity index (χ2v) is 9.50. The number of anilines is 1. The number of sulfonamides is 1. The molecule has 9 heteroatoms. The van der Waals surface area contributed by atoms with Gasteiger partial charge in [0.15, 0.2) is 0 Å². The standard InChI is InChI=1S/C21H16ClN3O3S2/c22-15-10-11-20-23-16(12-21(26)25(20)13-15)14-29-19-9-5-4-8-18(19)24-30(27,28)17-6-2-1-3-7-17/h1-13,24H,14H2. The van der Waals surface area contributed by atoms with Gasteiger partial charge < -0.3 is 0 Å². The van der Waals surface area contributed by atoms with E-state index in [1.165, 1.54) is 40.6 Å². The number of fused-ring (bicyclic) bond motifs is 1. The van der Waals surface area contributed by atoms with Crippen molar-refractivity contribution in [3.05, 3.63) is 100 Å². The number of nitrogens with zero attached hydrogens (tertiary/aromatic N) is 2. The van der Waals surface area contributed by atoms with Crippen LogP contribution in [0.3, 0.4) is 0 Å². The van der Waals surface area contributed by atoms with Crippen LogP contribution in [0.25, 0.3) is 5.65 Å². The monoisotopic (exact) mass is 457 g/mol. The minimum Gasteiger partial charge on any atom is -0.278 e. The third-order valence-corrected chi connectivity index (χ3v) is 6.95. The second-order valence-electron chi connectivity index (χ2n) is 6.36. The number of hydrogen-bond acceptors (Lipinski definition) is 5. The number of nitrogens with one attached hydrogen (secondary N) is 1. The average molecular weight is 458 g/mol. The van der Waals surface area contributed by atoms with Gasteiger partial charge in [-0.1, -0.05) is 41.9 Å². The molecule has 0 bridgehead atoms. The number of halogens is 1. The van der Waals surface area contributed by atoms with E-state index in [-0.39, 0.29) is 10.5 Å². The van der Waals surface area contributed by atoms with Crippen molar-refractivity contribution in [1.82, 2.24) is 9.38 Å². The zero-order valence-electron chi connectivity index (χ0n) is 15.5. The van der Waals surface area contributed by atoms with E-state index in [0.717, 1.165) is 4.90 Å². The summed E-state index contributed by atoms with van der Waals surface area (Å²) in [6.07, 6.45) is 1.52. The van der Waals surface area contributed by atoms with Crippen LogP contribution in [0.1, 0.15) is 5.69 Å². The van der Waals surface area contributed by atoms with Crippen LogP contribution in [0.5, 0.6) is 0 Å². The Bertz CT molecular complexity index is 1370. The van der Waals surface area contributed by atoms with Crippen molar-refractivity contribution in [2.24, 2.45) is 0 Å². The number of thioether (sulfide) groups is 1. The molecule has 0 radical (unpaired) electrons. The van der Waals surface area contributed by atoms with Crippen LogP contribution in [-0.4, -0.2) is 17.8 Å². The summed E-state index contributed by atoms with van der Waals surface area (Å²) in [6, 6.07) is 20.1. The van der Waals surface area contributed by atoms with Crippen molar-refractivity contribution in [3.8, 4) is 0 Å². The quantitative estimate of drug-likeness (QED) is 0.433. The molecule has 4 rings (SSSR count). The molecule has 0 atom stereocenters. The molecule has 0 spiro atoms. The average Bonchev–Trinajstić information content (AvgIpc) is 2.74. The van der Waals surface area contributed by atoms with Crippen molar-refractivity contribution in [3.63, 3.8) is 0 Å². The zero-order valence-corrected chi connectivity index (χ0v) is 17.9. The third-order valence-electron chi connectivity index (χ3n) is 4.24. The van der Waals surface area contributed by atoms with Crippen LogP contribution in [0.4, 0.5) is 5.69 Å². The summed E-state index contributed by atoms with van der Waals surface area (Å²) in [7, 11) is -3.70. The Kier molecular flexibility index (Phi) is 5.80. The molecule has 2 aromatic carbocycles. The number of benzene rings is 2. The fourth-order valence-electron chi connectivity index (χ4n) is 2.83. The smallest absolute Gasteiger partial charge is 0.261 e. The highest BCUT2D eigenvalue weighted by Crippen LogP contribution is 2.31. The summed E-state index contributed by atoms with van der Waals surface area (Å²) in [5, 5.41) is 0.452. The molecule has 0 unspecified atom stereocenters. The Hall–Kier alpha value is -2.81. The Morgan fingerprint density at radius 3 is 2.53 bits per heavy atom. The van der Waals surface area contributed by atoms with Gasteiger partial charge in [0, 0.05) is 22.9 Å². The zero-order chi connectivity index (χ0) is 21.1. The number of hydrogen-bond donors (Lipinski definition) is 1. The summed E-state index contributed by atoms with van der Waals surface area (Å²) in [4.78, 5) is 17.7. The van der Waals surface area contributed by atoms with Crippen molar-refractivity contribution < 1.29 is 8.42 Å². The molecule has 0 aliphatic heterocycles. The van der Waals surface area contributed by atoms with Gasteiger partial charge >= 0.3 is 0 Å². The molecule has 0 amide bonds. The molecule has 152 valence electrons. The van der Waals surface area contributed by atoms with Gasteiger partial charge in [0.1, 0.15) is 5.65 Å². The molecular weight excluding hydrogens is 442 g/mol. The maximum atomic E-state index is 12.7. The van der Waals surface area contributed by atoms with Crippen LogP contribution in [0.15, 0.2) is 93.6 Å². The molecular formula is C21H16ClN3O3S2. The van der Waals surface area contributed by atoms with Crippen LogP contribution in [0, 0.1) is 0 Å². The molecule has 2 aromatic heterocycles. The Morgan fingerprint density at radius 2 is 1.73 bits per heavy atom. The van der Waals surface area contributed by atoms with Crippen molar-refractivity contribution in [1.29, 1.82) is 0 Å². The van der Waals surface area contributed by atoms with Crippen LogP contribution < -0.4 is 10.3 Å². The fourth-order valence-corrected chi connectivity index (χ4v) is 5.06. The largest absolute Gasteiger partial charge is 0.278 e. The van der Waals surface area contributed by atoms with Gasteiger partial charge in [-0.2, -0.15) is 0 Å². The van der Waals surface area contributed by atoms with E-state index in [4.69, 9.17) is 11.6 Å². The third kappa shape index (κ3) is 4.51. The molecule has 0 saturated carbocycles. The van der Waals surface area contributed by atoms with E-state index in [1.807, 2.05) is 12.1 Å². The Balaban J connectivity index is 1.57. The summed E-state index contributed by atoms with van der Waals surface area (Å²) in [5.41, 5.74) is 1.33. The lowest BCUT2D eigenvalue weighted by molar-refractivity contribution is 0.601. The first-order chi connectivity index (χ1) is 14.4. The Morgan fingerprint density at radius 1 is 1.00 bits per heavy atom. The van der Waals surface area contributed by atoms with Crippen LogP contribution in [0.2, 0.25) is 5.02 Å². The molecule has 6 nitrogen and oxygen atoms in total. The van der Waals surface area contributed by atoms with Gasteiger partial charge in [-0.15, -0.1) is 11.8 Å². The fraction of sp³-hybridized carbons (Fsp3) is 0.0476. The molecule has 0 fully saturated rings. The van der Waals surface area contributed by atoms with Crippen LogP contribution >= 0.6 is 23.4 Å². The first-order valence-corrected chi connectivity index (χ1v) is 11.7. The number of para-hydroxylation sites is 1. The first-order valence-electron chi connectivity index (χ1n) is 8.90. The van der Waals surface area contributed by atoms with Crippen molar-refractivity contribution >= 4 is 44.7 Å². The molecule has 0 aliphatic carbocycles. The second kappa shape index (κ2) is 8.51. The molecule has 0 saturated heterocycles. The molecule has 2 heterocycles. The minimum absolute atomic E-state index is 0.188. The van der Waals surface area contributed by atoms with Gasteiger partial charge in [-0.05, 0) is 36.4 Å². The lowest BCUT2D eigenvalue weighted by Crippen LogP contribution is -2.15. The molecule has 0 aliphatic rings. The number of rotatable bonds is 6. The minimum atomic E-state index is -3.70. The van der Waals surface area contributed by atoms with E-state index in [0.29, 0.717) is 27.8 Å². The highest BCUT2D eigenvalue weighted by atomic mass is 35.5. The summed E-state index contributed by atoms with van der Waals surface area (Å²) < 4.78 is 29.3. The van der Waals surface area contributed by atoms with Crippen molar-refractivity contribution in [2.75, 3.05) is 4.72 Å². The summed E-state index contributed by atoms with van der Waals surface area (Å²) in [5.74, 6) is 0.401. The van der Waals surface area contributed by atoms with E-state index in [1.54, 1.807) is 42.5 Å². The highest BCUT2D eigenvalue weighted by Gasteiger charge is 2.16. The van der Waals surface area contributed by atoms with Gasteiger partial charge in [0.05, 0.1) is 21.3 Å². The van der Waals surface area contributed by atoms with Crippen molar-refractivity contribution in [2.45, 2.75) is 15.5 Å². The normalized spacial score (nSPS) is 11.5. The van der Waals surface area contributed by atoms with Crippen LogP contribution in [-0.2, 0) is 15.8 Å². The Labute approximate surface area is 182 Å². The topological polar surface area (TPSA) is 80.5 Å². The summed E-state index contributed by atoms with van der Waals surface area (Å²) in [6.45, 7) is 0. The van der Waals surface area contributed by atoms with E-state index < -0.39 is 10.0 Å². The maximum Gasteiger partial charge on any atom is 0.261 e. The molecule has 30 heavy (non-hydrogen) atoms. The van der Waals surface area contributed by atoms with E-state index >= 15 is 0 Å². The summed E-state index contributed by atoms with van der Waals surface area (Å²) >= 11 is 7.33.